The Morgan fingerprint density at radius 2 is 1.09 bits per heavy atom. The van der Waals surface area contributed by atoms with Crippen LogP contribution in [0.3, 0.4) is 0 Å². The second-order valence-corrected chi connectivity index (χ2v) is 8.79. The van der Waals surface area contributed by atoms with Gasteiger partial charge in [-0.3, -0.25) is 0 Å². The van der Waals surface area contributed by atoms with Crippen LogP contribution in [0.2, 0.25) is 0 Å². The zero-order valence-electron chi connectivity index (χ0n) is 17.2. The van der Waals surface area contributed by atoms with E-state index in [1.54, 1.807) is 0 Å². The molecule has 1 N–H and O–H groups in total. The molecule has 0 unspecified atom stereocenters. The van der Waals surface area contributed by atoms with Crippen molar-refractivity contribution in [3.63, 3.8) is 0 Å². The summed E-state index contributed by atoms with van der Waals surface area (Å²) in [7, 11) is -0.0146. The second kappa shape index (κ2) is 10.7. The van der Waals surface area contributed by atoms with Crippen LogP contribution in [0.5, 0.6) is 5.75 Å². The predicted molar refractivity (Wildman–Crippen MR) is 119 cm³/mol. The maximum atomic E-state index is 12.0. The van der Waals surface area contributed by atoms with Crippen LogP contribution in [0.1, 0.15) is 15.9 Å². The summed E-state index contributed by atoms with van der Waals surface area (Å²) in [6, 6.07) is 33.6. The molecule has 0 bridgehead atoms. The molecule has 0 aliphatic rings. The van der Waals surface area contributed by atoms with Gasteiger partial charge in [0, 0.05) is 0 Å². The Bertz CT molecular complexity index is 1090. The molecule has 7 heteroatoms. The number of hydrogen-bond donors (Lipinski definition) is 1. The standard InChI is InChI=1S/C18H15S.C8H5F3O3/c1-4-10-16(11-5-1)19(17-12-6-2-7-13-17)18-14-8-3-9-15-18;9-8(10,11)4-1-2-5(7(13)14)6(12)3-4/h1-15H;1-3,12H,(H,13,14)/q+1;/p-1. The molecule has 0 spiro atoms. The van der Waals surface area contributed by atoms with Crippen molar-refractivity contribution in [3.8, 4) is 5.75 Å². The molecule has 0 saturated carbocycles. The predicted octanol–water partition coefficient (Wildman–Crippen LogP) is 6.26. The van der Waals surface area contributed by atoms with E-state index in [4.69, 9.17) is 5.11 Å². The third-order valence-corrected chi connectivity index (χ3v) is 6.71. The highest BCUT2D eigenvalue weighted by Gasteiger charge is 2.30. The van der Waals surface area contributed by atoms with Crippen LogP contribution in [0, 0.1) is 0 Å². The number of aromatic carboxylic acids is 1. The molecule has 0 amide bonds. The summed E-state index contributed by atoms with van der Waals surface area (Å²) in [4.78, 5) is 14.4. The van der Waals surface area contributed by atoms with Crippen LogP contribution in [-0.2, 0) is 17.1 Å². The second-order valence-electron chi connectivity index (χ2n) is 6.76. The van der Waals surface area contributed by atoms with Gasteiger partial charge < -0.3 is 10.2 Å². The Labute approximate surface area is 192 Å². The molecular weight excluding hydrogens is 449 g/mol. The number of carbonyl (C=O) groups is 1. The molecule has 0 aliphatic heterocycles. The molecule has 0 atom stereocenters. The van der Waals surface area contributed by atoms with Crippen LogP contribution in [0.25, 0.3) is 0 Å². The highest BCUT2D eigenvalue weighted by molar-refractivity contribution is 7.97. The third kappa shape index (κ3) is 6.40. The Hall–Kier alpha value is -3.71. The Kier molecular flexibility index (Phi) is 7.79. The van der Waals surface area contributed by atoms with Gasteiger partial charge in [0.1, 0.15) is 0 Å². The molecule has 0 saturated heterocycles. The quantitative estimate of drug-likeness (QED) is 0.360. The molecule has 0 aliphatic carbocycles. The fraction of sp³-hybridized carbons (Fsp3) is 0.0385. The molecule has 4 aromatic rings. The van der Waals surface area contributed by atoms with E-state index in [9.17, 15) is 23.1 Å². The van der Waals surface area contributed by atoms with E-state index in [1.165, 1.54) is 14.7 Å². The minimum Gasteiger partial charge on any atom is -0.872 e. The average molecular weight is 468 g/mol. The topological polar surface area (TPSA) is 60.4 Å². The van der Waals surface area contributed by atoms with Crippen molar-refractivity contribution in [2.45, 2.75) is 20.9 Å². The van der Waals surface area contributed by atoms with Crippen LogP contribution < -0.4 is 5.11 Å². The molecule has 3 nitrogen and oxygen atoms in total. The van der Waals surface area contributed by atoms with Gasteiger partial charge in [-0.15, -0.1) is 0 Å². The summed E-state index contributed by atoms with van der Waals surface area (Å²) < 4.78 is 36.0. The number of benzene rings is 4. The first-order valence-electron chi connectivity index (χ1n) is 9.78. The van der Waals surface area contributed by atoms with E-state index >= 15 is 0 Å². The zero-order chi connectivity index (χ0) is 23.8. The molecular formula is C26H19F3O3S. The van der Waals surface area contributed by atoms with Crippen molar-refractivity contribution < 1.29 is 28.2 Å². The first-order chi connectivity index (χ1) is 15.8. The van der Waals surface area contributed by atoms with E-state index in [1.807, 2.05) is 0 Å². The summed E-state index contributed by atoms with van der Waals surface area (Å²) >= 11 is 0. The molecule has 33 heavy (non-hydrogen) atoms. The number of halogens is 3. The summed E-state index contributed by atoms with van der Waals surface area (Å²) in [5, 5.41) is 19.2. The van der Waals surface area contributed by atoms with E-state index in [2.05, 4.69) is 91.0 Å². The van der Waals surface area contributed by atoms with Crippen LogP contribution in [0.15, 0.2) is 124 Å². The van der Waals surface area contributed by atoms with Crippen molar-refractivity contribution in [3.05, 3.63) is 120 Å². The smallest absolute Gasteiger partial charge is 0.416 e. The first-order valence-corrected chi connectivity index (χ1v) is 11.0. The van der Waals surface area contributed by atoms with E-state index < -0.39 is 29.0 Å². The number of carboxylic acids is 1. The zero-order valence-corrected chi connectivity index (χ0v) is 18.0. The van der Waals surface area contributed by atoms with Crippen molar-refractivity contribution in [2.75, 3.05) is 0 Å². The molecule has 0 heterocycles. The van der Waals surface area contributed by atoms with E-state index in [-0.39, 0.29) is 17.0 Å². The van der Waals surface area contributed by atoms with Crippen molar-refractivity contribution in [1.29, 1.82) is 0 Å². The molecule has 168 valence electrons. The van der Waals surface area contributed by atoms with Gasteiger partial charge in [0.15, 0.2) is 14.7 Å². The summed E-state index contributed by atoms with van der Waals surface area (Å²) in [6.45, 7) is 0. The lowest BCUT2D eigenvalue weighted by atomic mass is 10.1. The highest BCUT2D eigenvalue weighted by atomic mass is 32.2. The minimum atomic E-state index is -4.63. The van der Waals surface area contributed by atoms with Gasteiger partial charge in [0.05, 0.1) is 22.0 Å². The lowest BCUT2D eigenvalue weighted by Crippen LogP contribution is -2.09. The monoisotopic (exact) mass is 468 g/mol. The SMILES string of the molecule is O=C(O)c1ccc(C(F)(F)F)cc1[O-].c1ccc([S+](c2ccccc2)c2ccccc2)cc1. The Morgan fingerprint density at radius 3 is 1.39 bits per heavy atom. The largest absolute Gasteiger partial charge is 0.872 e. The molecule has 0 fully saturated rings. The maximum absolute atomic E-state index is 12.0. The fourth-order valence-corrected chi connectivity index (χ4v) is 5.06. The average Bonchev–Trinajstić information content (AvgIpc) is 2.81. The fourth-order valence-electron chi connectivity index (χ4n) is 2.95. The summed E-state index contributed by atoms with van der Waals surface area (Å²) in [6.07, 6.45) is -4.63. The molecule has 4 rings (SSSR count). The van der Waals surface area contributed by atoms with Crippen LogP contribution in [0.4, 0.5) is 13.2 Å². The third-order valence-electron chi connectivity index (χ3n) is 4.48. The number of alkyl halides is 3. The maximum Gasteiger partial charge on any atom is 0.416 e. The van der Waals surface area contributed by atoms with Crippen molar-refractivity contribution >= 4 is 16.9 Å². The van der Waals surface area contributed by atoms with Gasteiger partial charge >= 0.3 is 12.1 Å². The van der Waals surface area contributed by atoms with Crippen molar-refractivity contribution in [1.82, 2.24) is 0 Å². The normalized spacial score (nSPS) is 10.9. The number of rotatable bonds is 4. The molecule has 0 aromatic heterocycles. The van der Waals surface area contributed by atoms with Gasteiger partial charge in [-0.25, -0.2) is 4.79 Å². The van der Waals surface area contributed by atoms with E-state index in [0.29, 0.717) is 12.1 Å². The number of carboxylic acid groups (broad SMARTS) is 1. The Morgan fingerprint density at radius 1 is 0.697 bits per heavy atom. The minimum absolute atomic E-state index is 0.0146. The van der Waals surface area contributed by atoms with Gasteiger partial charge in [-0.1, -0.05) is 66.4 Å². The van der Waals surface area contributed by atoms with Gasteiger partial charge in [-0.05, 0) is 48.5 Å². The summed E-state index contributed by atoms with van der Waals surface area (Å²) in [5.74, 6) is -2.68. The van der Waals surface area contributed by atoms with E-state index in [0.717, 1.165) is 0 Å². The van der Waals surface area contributed by atoms with Crippen LogP contribution in [-0.4, -0.2) is 11.1 Å². The van der Waals surface area contributed by atoms with Crippen LogP contribution >= 0.6 is 0 Å². The van der Waals surface area contributed by atoms with Gasteiger partial charge in [0.2, 0.25) is 0 Å². The highest BCUT2D eigenvalue weighted by Crippen LogP contribution is 2.32. The summed E-state index contributed by atoms with van der Waals surface area (Å²) in [5.41, 5.74) is -1.81. The molecule has 4 aromatic carbocycles. The lowest BCUT2D eigenvalue weighted by molar-refractivity contribution is -0.269. The van der Waals surface area contributed by atoms with Gasteiger partial charge in [0.25, 0.3) is 0 Å². The first kappa shape index (κ1) is 23.9. The number of hydrogen-bond acceptors (Lipinski definition) is 2. The Balaban J connectivity index is 0.000000196. The molecule has 0 radical (unpaired) electrons. The van der Waals surface area contributed by atoms with Crippen molar-refractivity contribution in [2.24, 2.45) is 0 Å². The lowest BCUT2D eigenvalue weighted by Gasteiger charge is -2.13. The van der Waals surface area contributed by atoms with Gasteiger partial charge in [-0.2, -0.15) is 13.2 Å².